The maximum atomic E-state index is 11.6. The van der Waals surface area contributed by atoms with Crippen LogP contribution in [0.1, 0.15) is 18.5 Å². The molecule has 0 aliphatic carbocycles. The summed E-state index contributed by atoms with van der Waals surface area (Å²) in [5, 5.41) is 11.6. The van der Waals surface area contributed by atoms with Crippen LogP contribution in [0.15, 0.2) is 30.3 Å². The molecule has 1 aromatic rings. The first-order chi connectivity index (χ1) is 8.06. The van der Waals surface area contributed by atoms with E-state index in [0.717, 1.165) is 0 Å². The molecule has 4 nitrogen and oxygen atoms in total. The Morgan fingerprint density at radius 2 is 1.94 bits per heavy atom. The van der Waals surface area contributed by atoms with Gasteiger partial charge in [-0.2, -0.15) is 12.6 Å². The number of carboxylic acids is 1. The molecule has 0 spiro atoms. The molecule has 0 bridgehead atoms. The van der Waals surface area contributed by atoms with Crippen molar-refractivity contribution in [1.29, 1.82) is 0 Å². The van der Waals surface area contributed by atoms with Crippen molar-refractivity contribution in [2.45, 2.75) is 13.0 Å². The fourth-order valence-electron chi connectivity index (χ4n) is 1.30. The third-order valence-electron chi connectivity index (χ3n) is 2.39. The average molecular weight is 253 g/mol. The van der Waals surface area contributed by atoms with E-state index in [9.17, 15) is 9.59 Å². The van der Waals surface area contributed by atoms with E-state index in [1.807, 2.05) is 0 Å². The van der Waals surface area contributed by atoms with Gasteiger partial charge in [-0.15, -0.1) is 0 Å². The van der Waals surface area contributed by atoms with Gasteiger partial charge in [0.15, 0.2) is 6.04 Å². The van der Waals surface area contributed by atoms with E-state index in [0.29, 0.717) is 11.3 Å². The molecule has 0 heterocycles. The first kappa shape index (κ1) is 13.6. The second-order valence-electron chi connectivity index (χ2n) is 3.77. The SMILES string of the molecule is C[C@H](CS)C(=O)N[C@@H](C(=O)O)c1ccccc1. The van der Waals surface area contributed by atoms with Gasteiger partial charge in [0.05, 0.1) is 0 Å². The second kappa shape index (κ2) is 6.30. The van der Waals surface area contributed by atoms with Crippen LogP contribution in [-0.4, -0.2) is 22.7 Å². The third kappa shape index (κ3) is 3.78. The Hall–Kier alpha value is -1.49. The van der Waals surface area contributed by atoms with Gasteiger partial charge in [0.25, 0.3) is 0 Å². The van der Waals surface area contributed by atoms with E-state index < -0.39 is 12.0 Å². The monoisotopic (exact) mass is 253 g/mol. The maximum absolute atomic E-state index is 11.6. The van der Waals surface area contributed by atoms with Gasteiger partial charge >= 0.3 is 5.97 Å². The van der Waals surface area contributed by atoms with Gasteiger partial charge < -0.3 is 10.4 Å². The number of hydrogen-bond acceptors (Lipinski definition) is 3. The van der Waals surface area contributed by atoms with Crippen molar-refractivity contribution in [2.75, 3.05) is 5.75 Å². The number of aliphatic carboxylic acids is 1. The molecular weight excluding hydrogens is 238 g/mol. The highest BCUT2D eigenvalue weighted by Crippen LogP contribution is 2.13. The summed E-state index contributed by atoms with van der Waals surface area (Å²) in [7, 11) is 0. The van der Waals surface area contributed by atoms with Crippen molar-refractivity contribution in [3.05, 3.63) is 35.9 Å². The van der Waals surface area contributed by atoms with Gasteiger partial charge in [0.2, 0.25) is 5.91 Å². The molecule has 0 aliphatic heterocycles. The summed E-state index contributed by atoms with van der Waals surface area (Å²) >= 11 is 4.01. The van der Waals surface area contributed by atoms with Crippen LogP contribution >= 0.6 is 12.6 Å². The van der Waals surface area contributed by atoms with E-state index in [4.69, 9.17) is 5.11 Å². The molecule has 2 atom stereocenters. The number of nitrogens with one attached hydrogen (secondary N) is 1. The summed E-state index contributed by atoms with van der Waals surface area (Å²) in [5.74, 6) is -1.32. The molecule has 1 amide bonds. The van der Waals surface area contributed by atoms with Gasteiger partial charge in [-0.3, -0.25) is 4.79 Å². The number of amides is 1. The first-order valence-corrected chi connectivity index (χ1v) is 5.88. The van der Waals surface area contributed by atoms with E-state index in [1.165, 1.54) is 0 Å². The molecule has 0 fully saturated rings. The van der Waals surface area contributed by atoms with Crippen molar-refractivity contribution in [3.8, 4) is 0 Å². The van der Waals surface area contributed by atoms with Gasteiger partial charge in [0, 0.05) is 11.7 Å². The lowest BCUT2D eigenvalue weighted by Crippen LogP contribution is -2.37. The smallest absolute Gasteiger partial charge is 0.330 e. The fourth-order valence-corrected chi connectivity index (χ4v) is 1.47. The highest BCUT2D eigenvalue weighted by atomic mass is 32.1. The average Bonchev–Trinajstić information content (AvgIpc) is 2.35. The topological polar surface area (TPSA) is 66.4 Å². The van der Waals surface area contributed by atoms with Crippen LogP contribution in [0.25, 0.3) is 0 Å². The number of carbonyl (C=O) groups excluding carboxylic acids is 1. The van der Waals surface area contributed by atoms with Crippen molar-refractivity contribution in [3.63, 3.8) is 0 Å². The Labute approximate surface area is 105 Å². The van der Waals surface area contributed by atoms with Crippen LogP contribution in [0.3, 0.4) is 0 Å². The summed E-state index contributed by atoms with van der Waals surface area (Å²) in [6.45, 7) is 1.70. The zero-order chi connectivity index (χ0) is 12.8. The number of carboxylic acid groups (broad SMARTS) is 1. The van der Waals surface area contributed by atoms with Crippen molar-refractivity contribution >= 4 is 24.5 Å². The molecule has 1 aromatic carbocycles. The Morgan fingerprint density at radius 3 is 2.41 bits per heavy atom. The number of thiol groups is 1. The summed E-state index contributed by atoms with van der Waals surface area (Å²) in [6.07, 6.45) is 0. The fraction of sp³-hybridized carbons (Fsp3) is 0.333. The minimum Gasteiger partial charge on any atom is -0.479 e. The molecule has 5 heteroatoms. The summed E-state index contributed by atoms with van der Waals surface area (Å²) in [4.78, 5) is 22.8. The van der Waals surface area contributed by atoms with E-state index in [1.54, 1.807) is 37.3 Å². The number of benzene rings is 1. The third-order valence-corrected chi connectivity index (χ3v) is 2.94. The van der Waals surface area contributed by atoms with Crippen LogP contribution < -0.4 is 5.32 Å². The lowest BCUT2D eigenvalue weighted by Gasteiger charge is -2.17. The Bertz CT molecular complexity index is 394. The van der Waals surface area contributed by atoms with E-state index in [2.05, 4.69) is 17.9 Å². The lowest BCUT2D eigenvalue weighted by atomic mass is 10.1. The maximum Gasteiger partial charge on any atom is 0.330 e. The number of rotatable bonds is 5. The van der Waals surface area contributed by atoms with Crippen molar-refractivity contribution in [1.82, 2.24) is 5.32 Å². The van der Waals surface area contributed by atoms with Crippen LogP contribution in [0.4, 0.5) is 0 Å². The Morgan fingerprint density at radius 1 is 1.35 bits per heavy atom. The van der Waals surface area contributed by atoms with Crippen LogP contribution in [0, 0.1) is 5.92 Å². The highest BCUT2D eigenvalue weighted by molar-refractivity contribution is 7.80. The molecule has 2 N–H and O–H groups in total. The molecule has 17 heavy (non-hydrogen) atoms. The summed E-state index contributed by atoms with van der Waals surface area (Å²) in [6, 6.07) is 7.60. The molecule has 0 aliphatic rings. The van der Waals surface area contributed by atoms with E-state index >= 15 is 0 Å². The predicted octanol–water partition coefficient (Wildman–Crippen LogP) is 1.49. The standard InChI is InChI=1S/C12H15NO3S/c1-8(7-17)11(14)13-10(12(15)16)9-5-3-2-4-6-9/h2-6,8,10,17H,7H2,1H3,(H,13,14)(H,15,16)/t8-,10-/m1/s1. The number of carbonyl (C=O) groups is 2. The summed E-state index contributed by atoms with van der Waals surface area (Å²) in [5.41, 5.74) is 0.555. The molecule has 0 unspecified atom stereocenters. The zero-order valence-corrected chi connectivity index (χ0v) is 10.4. The van der Waals surface area contributed by atoms with Gasteiger partial charge in [-0.25, -0.2) is 4.79 Å². The zero-order valence-electron chi connectivity index (χ0n) is 9.46. The van der Waals surface area contributed by atoms with Crippen LogP contribution in [-0.2, 0) is 9.59 Å². The largest absolute Gasteiger partial charge is 0.479 e. The molecular formula is C12H15NO3S. The second-order valence-corrected chi connectivity index (χ2v) is 4.14. The van der Waals surface area contributed by atoms with Crippen LogP contribution in [0.2, 0.25) is 0 Å². The quantitative estimate of drug-likeness (QED) is 0.697. The molecule has 0 saturated heterocycles. The Balaban J connectivity index is 2.82. The Kier molecular flexibility index (Phi) is 5.03. The highest BCUT2D eigenvalue weighted by Gasteiger charge is 2.23. The normalized spacial score (nSPS) is 13.8. The minimum absolute atomic E-state index is 0.309. The van der Waals surface area contributed by atoms with Gasteiger partial charge in [-0.1, -0.05) is 37.3 Å². The molecule has 0 aromatic heterocycles. The predicted molar refractivity (Wildman–Crippen MR) is 68.0 cm³/mol. The molecule has 0 saturated carbocycles. The lowest BCUT2D eigenvalue weighted by molar-refractivity contribution is -0.142. The summed E-state index contributed by atoms with van der Waals surface area (Å²) < 4.78 is 0. The van der Waals surface area contributed by atoms with Gasteiger partial charge in [-0.05, 0) is 5.56 Å². The number of hydrogen-bond donors (Lipinski definition) is 3. The molecule has 0 radical (unpaired) electrons. The molecule has 92 valence electrons. The minimum atomic E-state index is -1.07. The van der Waals surface area contributed by atoms with Crippen molar-refractivity contribution < 1.29 is 14.7 Å². The van der Waals surface area contributed by atoms with Gasteiger partial charge in [0.1, 0.15) is 0 Å². The van der Waals surface area contributed by atoms with Crippen molar-refractivity contribution in [2.24, 2.45) is 5.92 Å². The first-order valence-electron chi connectivity index (χ1n) is 5.25. The van der Waals surface area contributed by atoms with E-state index in [-0.39, 0.29) is 11.8 Å². The molecule has 1 rings (SSSR count). The van der Waals surface area contributed by atoms with Crippen LogP contribution in [0.5, 0.6) is 0 Å².